The van der Waals surface area contributed by atoms with E-state index in [1.807, 2.05) is 6.92 Å². The summed E-state index contributed by atoms with van der Waals surface area (Å²) in [4.78, 5) is 4.47. The highest BCUT2D eigenvalue weighted by Crippen LogP contribution is 2.23. The molecule has 0 spiro atoms. The average Bonchev–Trinajstić information content (AvgIpc) is 2.63. The fourth-order valence-electron chi connectivity index (χ4n) is 2.24. The molecule has 0 fully saturated rings. The lowest BCUT2D eigenvalue weighted by molar-refractivity contribution is 0.699. The normalized spacial score (nSPS) is 12.7. The van der Waals surface area contributed by atoms with Crippen LogP contribution in [0.4, 0.5) is 0 Å². The molecule has 0 saturated heterocycles. The van der Waals surface area contributed by atoms with Gasteiger partial charge in [0, 0.05) is 17.8 Å². The van der Waals surface area contributed by atoms with Crippen molar-refractivity contribution < 1.29 is 0 Å². The van der Waals surface area contributed by atoms with Crippen LogP contribution in [-0.2, 0) is 6.42 Å². The van der Waals surface area contributed by atoms with Crippen LogP contribution in [0.5, 0.6) is 0 Å². The van der Waals surface area contributed by atoms with Gasteiger partial charge in [0.1, 0.15) is 0 Å². The van der Waals surface area contributed by atoms with Crippen molar-refractivity contribution in [2.24, 2.45) is 5.73 Å². The first-order valence-electron chi connectivity index (χ1n) is 5.80. The zero-order chi connectivity index (χ0) is 12.4. The van der Waals surface area contributed by atoms with E-state index in [0.29, 0.717) is 0 Å². The van der Waals surface area contributed by atoms with Crippen molar-refractivity contribution in [2.75, 3.05) is 0 Å². The minimum absolute atomic E-state index is 0.0395. The number of thiazole rings is 1. The lowest BCUT2D eigenvalue weighted by Gasteiger charge is -2.16. The Labute approximate surface area is 107 Å². The van der Waals surface area contributed by atoms with Crippen LogP contribution in [0.1, 0.15) is 33.4 Å². The number of nitrogens with zero attached hydrogens (tertiary/aromatic N) is 1. The molecule has 0 aliphatic heterocycles. The molecule has 0 aliphatic carbocycles. The number of nitrogens with two attached hydrogens (primary N) is 1. The zero-order valence-corrected chi connectivity index (χ0v) is 11.3. The van der Waals surface area contributed by atoms with Crippen molar-refractivity contribution in [3.63, 3.8) is 0 Å². The minimum Gasteiger partial charge on any atom is -0.324 e. The molecule has 3 heteroatoms. The van der Waals surface area contributed by atoms with E-state index < -0.39 is 0 Å². The molecule has 0 bridgehead atoms. The van der Waals surface area contributed by atoms with E-state index in [1.165, 1.54) is 16.7 Å². The third kappa shape index (κ3) is 2.73. The van der Waals surface area contributed by atoms with Crippen LogP contribution in [0.2, 0.25) is 0 Å². The molecule has 17 heavy (non-hydrogen) atoms. The van der Waals surface area contributed by atoms with Crippen LogP contribution in [0.3, 0.4) is 0 Å². The molecule has 1 unspecified atom stereocenters. The lowest BCUT2D eigenvalue weighted by Crippen LogP contribution is -2.16. The summed E-state index contributed by atoms with van der Waals surface area (Å²) < 4.78 is 0. The number of benzene rings is 1. The molecule has 0 radical (unpaired) electrons. The summed E-state index contributed by atoms with van der Waals surface area (Å²) in [5.41, 5.74) is 11.2. The quantitative estimate of drug-likeness (QED) is 0.902. The predicted molar refractivity (Wildman–Crippen MR) is 73.4 cm³/mol. The smallest absolute Gasteiger partial charge is 0.0897 e. The topological polar surface area (TPSA) is 38.9 Å². The van der Waals surface area contributed by atoms with Crippen molar-refractivity contribution >= 4 is 11.3 Å². The molecule has 90 valence electrons. The Balaban J connectivity index is 2.22. The third-order valence-electron chi connectivity index (χ3n) is 3.01. The van der Waals surface area contributed by atoms with Gasteiger partial charge >= 0.3 is 0 Å². The molecule has 2 rings (SSSR count). The van der Waals surface area contributed by atoms with Gasteiger partial charge in [-0.2, -0.15) is 0 Å². The molecule has 0 amide bonds. The summed E-state index contributed by atoms with van der Waals surface area (Å²) in [6.07, 6.45) is 0.816. The molecular weight excluding hydrogens is 228 g/mol. The molecular formula is C14H18N2S. The number of aryl methyl sites for hydroxylation is 3. The molecule has 1 heterocycles. The van der Waals surface area contributed by atoms with E-state index >= 15 is 0 Å². The maximum absolute atomic E-state index is 6.30. The van der Waals surface area contributed by atoms with Crippen LogP contribution < -0.4 is 5.73 Å². The van der Waals surface area contributed by atoms with Gasteiger partial charge in [-0.25, -0.2) is 4.98 Å². The highest BCUT2D eigenvalue weighted by Gasteiger charge is 2.13. The fourth-order valence-corrected chi connectivity index (χ4v) is 2.87. The summed E-state index contributed by atoms with van der Waals surface area (Å²) in [5, 5.41) is 3.21. The Kier molecular flexibility index (Phi) is 3.60. The van der Waals surface area contributed by atoms with Gasteiger partial charge in [0.2, 0.25) is 0 Å². The molecule has 0 aliphatic rings. The standard InChI is InChI=1S/C14H18N2S/c1-9-5-4-6-10(2)14(9)13(15)7-12-8-17-11(3)16-12/h4-6,8,13H,7,15H2,1-3H3. The second-order valence-electron chi connectivity index (χ2n) is 4.47. The van der Waals surface area contributed by atoms with E-state index in [4.69, 9.17) is 5.73 Å². The highest BCUT2D eigenvalue weighted by atomic mass is 32.1. The SMILES string of the molecule is Cc1nc(CC(N)c2c(C)cccc2C)cs1. The number of hydrogen-bond acceptors (Lipinski definition) is 3. The molecule has 2 aromatic rings. The molecule has 1 aromatic carbocycles. The van der Waals surface area contributed by atoms with E-state index in [-0.39, 0.29) is 6.04 Å². The van der Waals surface area contributed by atoms with Gasteiger partial charge in [-0.3, -0.25) is 0 Å². The van der Waals surface area contributed by atoms with Gasteiger partial charge in [0.25, 0.3) is 0 Å². The first-order chi connectivity index (χ1) is 8.08. The van der Waals surface area contributed by atoms with Gasteiger partial charge in [-0.05, 0) is 37.5 Å². The lowest BCUT2D eigenvalue weighted by atomic mass is 9.94. The van der Waals surface area contributed by atoms with Crippen LogP contribution in [0, 0.1) is 20.8 Å². The van der Waals surface area contributed by atoms with E-state index in [2.05, 4.69) is 42.4 Å². The van der Waals surface area contributed by atoms with E-state index in [0.717, 1.165) is 17.1 Å². The van der Waals surface area contributed by atoms with Gasteiger partial charge in [-0.15, -0.1) is 11.3 Å². The van der Waals surface area contributed by atoms with Gasteiger partial charge in [-0.1, -0.05) is 18.2 Å². The first kappa shape index (κ1) is 12.3. The average molecular weight is 246 g/mol. The van der Waals surface area contributed by atoms with Gasteiger partial charge < -0.3 is 5.73 Å². The summed E-state index contributed by atoms with van der Waals surface area (Å²) in [6, 6.07) is 6.36. The fraction of sp³-hybridized carbons (Fsp3) is 0.357. The van der Waals surface area contributed by atoms with Crippen LogP contribution >= 0.6 is 11.3 Å². The van der Waals surface area contributed by atoms with Crippen LogP contribution in [0.15, 0.2) is 23.6 Å². The Morgan fingerprint density at radius 3 is 2.41 bits per heavy atom. The molecule has 2 nitrogen and oxygen atoms in total. The number of rotatable bonds is 3. The molecule has 1 aromatic heterocycles. The summed E-state index contributed by atoms with van der Waals surface area (Å²) in [6.45, 7) is 6.27. The van der Waals surface area contributed by atoms with Crippen molar-refractivity contribution in [3.8, 4) is 0 Å². The minimum atomic E-state index is 0.0395. The number of hydrogen-bond donors (Lipinski definition) is 1. The van der Waals surface area contributed by atoms with E-state index in [9.17, 15) is 0 Å². The van der Waals surface area contributed by atoms with Crippen LogP contribution in [-0.4, -0.2) is 4.98 Å². The Morgan fingerprint density at radius 1 is 1.24 bits per heavy atom. The largest absolute Gasteiger partial charge is 0.324 e. The summed E-state index contributed by atoms with van der Waals surface area (Å²) in [5.74, 6) is 0. The second kappa shape index (κ2) is 4.98. The third-order valence-corrected chi connectivity index (χ3v) is 3.83. The maximum atomic E-state index is 6.30. The van der Waals surface area contributed by atoms with Crippen molar-refractivity contribution in [1.82, 2.24) is 4.98 Å². The van der Waals surface area contributed by atoms with Gasteiger partial charge in [0.15, 0.2) is 0 Å². The summed E-state index contributed by atoms with van der Waals surface area (Å²) >= 11 is 1.68. The predicted octanol–water partition coefficient (Wildman–Crippen LogP) is 3.31. The second-order valence-corrected chi connectivity index (χ2v) is 5.54. The monoisotopic (exact) mass is 246 g/mol. The highest BCUT2D eigenvalue weighted by molar-refractivity contribution is 7.09. The van der Waals surface area contributed by atoms with E-state index in [1.54, 1.807) is 11.3 Å². The van der Waals surface area contributed by atoms with Crippen molar-refractivity contribution in [2.45, 2.75) is 33.2 Å². The Bertz CT molecular complexity index is 496. The van der Waals surface area contributed by atoms with Crippen molar-refractivity contribution in [3.05, 3.63) is 51.0 Å². The zero-order valence-electron chi connectivity index (χ0n) is 10.5. The Hall–Kier alpha value is -1.19. The molecule has 1 atom stereocenters. The summed E-state index contributed by atoms with van der Waals surface area (Å²) in [7, 11) is 0. The molecule has 2 N–H and O–H groups in total. The van der Waals surface area contributed by atoms with Crippen molar-refractivity contribution in [1.29, 1.82) is 0 Å². The maximum Gasteiger partial charge on any atom is 0.0897 e. The van der Waals surface area contributed by atoms with Gasteiger partial charge in [0.05, 0.1) is 10.7 Å². The Morgan fingerprint density at radius 2 is 1.88 bits per heavy atom. The molecule has 0 saturated carbocycles. The first-order valence-corrected chi connectivity index (χ1v) is 6.68. The van der Waals surface area contributed by atoms with Crippen LogP contribution in [0.25, 0.3) is 0 Å². The number of aromatic nitrogens is 1.